The van der Waals surface area contributed by atoms with Crippen LogP contribution < -0.4 is 0 Å². The number of rotatable bonds is 5. The SMILES string of the molecule is CN1[C@@H]2C[C@H](CC(=O)[C@H](CO)c3ccccc3)C[C@@H]1[C@@H](O)C2. The fourth-order valence-corrected chi connectivity index (χ4v) is 4.22. The van der Waals surface area contributed by atoms with Crippen LogP contribution in [0.3, 0.4) is 0 Å². The van der Waals surface area contributed by atoms with Gasteiger partial charge < -0.3 is 10.2 Å². The van der Waals surface area contributed by atoms with Gasteiger partial charge in [0.2, 0.25) is 0 Å². The van der Waals surface area contributed by atoms with Crippen molar-refractivity contribution in [1.29, 1.82) is 0 Å². The smallest absolute Gasteiger partial charge is 0.142 e. The Morgan fingerprint density at radius 1 is 1.27 bits per heavy atom. The summed E-state index contributed by atoms with van der Waals surface area (Å²) in [7, 11) is 2.07. The molecule has 0 amide bonds. The molecule has 0 radical (unpaired) electrons. The van der Waals surface area contributed by atoms with Crippen molar-refractivity contribution in [2.75, 3.05) is 13.7 Å². The van der Waals surface area contributed by atoms with Crippen LogP contribution in [0.15, 0.2) is 30.3 Å². The van der Waals surface area contributed by atoms with E-state index in [4.69, 9.17) is 0 Å². The van der Waals surface area contributed by atoms with E-state index in [2.05, 4.69) is 11.9 Å². The summed E-state index contributed by atoms with van der Waals surface area (Å²) in [5, 5.41) is 19.7. The fourth-order valence-electron chi connectivity index (χ4n) is 4.22. The molecular formula is C18H25NO3. The minimum Gasteiger partial charge on any atom is -0.395 e. The molecule has 0 spiro atoms. The van der Waals surface area contributed by atoms with Gasteiger partial charge in [0.25, 0.3) is 0 Å². The maximum Gasteiger partial charge on any atom is 0.142 e. The number of likely N-dealkylation sites (N-methyl/N-ethyl adjacent to an activating group) is 1. The lowest BCUT2D eigenvalue weighted by Gasteiger charge is -2.36. The largest absolute Gasteiger partial charge is 0.395 e. The second kappa shape index (κ2) is 6.49. The molecule has 0 aliphatic carbocycles. The molecule has 2 saturated heterocycles. The van der Waals surface area contributed by atoms with Gasteiger partial charge in [0.1, 0.15) is 5.78 Å². The number of nitrogens with zero attached hydrogens (tertiary/aromatic N) is 1. The lowest BCUT2D eigenvalue weighted by atomic mass is 9.83. The van der Waals surface area contributed by atoms with Crippen molar-refractivity contribution in [3.63, 3.8) is 0 Å². The van der Waals surface area contributed by atoms with Crippen molar-refractivity contribution in [2.24, 2.45) is 5.92 Å². The van der Waals surface area contributed by atoms with E-state index in [1.807, 2.05) is 30.3 Å². The summed E-state index contributed by atoms with van der Waals surface area (Å²) in [5.74, 6) is 0.0363. The summed E-state index contributed by atoms with van der Waals surface area (Å²) in [6.45, 7) is -0.134. The van der Waals surface area contributed by atoms with Crippen molar-refractivity contribution < 1.29 is 15.0 Å². The first kappa shape index (κ1) is 15.7. The van der Waals surface area contributed by atoms with Crippen LogP contribution in [0, 0.1) is 5.92 Å². The van der Waals surface area contributed by atoms with Crippen LogP contribution >= 0.6 is 0 Å². The molecule has 3 rings (SSSR count). The Hall–Kier alpha value is -1.23. The molecule has 0 saturated carbocycles. The molecule has 0 aromatic heterocycles. The normalized spacial score (nSPS) is 32.9. The molecule has 5 atom stereocenters. The monoisotopic (exact) mass is 303 g/mol. The van der Waals surface area contributed by atoms with Gasteiger partial charge in [-0.3, -0.25) is 9.69 Å². The highest BCUT2D eigenvalue weighted by atomic mass is 16.3. The van der Waals surface area contributed by atoms with Gasteiger partial charge in [-0.2, -0.15) is 0 Å². The Bertz CT molecular complexity index is 518. The molecule has 2 fully saturated rings. The molecule has 1 aromatic rings. The van der Waals surface area contributed by atoms with E-state index in [0.717, 1.165) is 24.8 Å². The molecule has 2 heterocycles. The van der Waals surface area contributed by atoms with Gasteiger partial charge in [-0.1, -0.05) is 30.3 Å². The number of aliphatic hydroxyl groups excluding tert-OH is 2. The summed E-state index contributed by atoms with van der Waals surface area (Å²) in [6, 6.07) is 10.1. The first-order valence-corrected chi connectivity index (χ1v) is 8.18. The number of hydrogen-bond donors (Lipinski definition) is 2. The molecule has 2 N–H and O–H groups in total. The molecule has 120 valence electrons. The molecule has 0 unspecified atom stereocenters. The molecule has 2 bridgehead atoms. The number of hydrogen-bond acceptors (Lipinski definition) is 4. The van der Waals surface area contributed by atoms with E-state index < -0.39 is 5.92 Å². The number of carbonyl (C=O) groups is 1. The van der Waals surface area contributed by atoms with Crippen LogP contribution in [0.25, 0.3) is 0 Å². The first-order chi connectivity index (χ1) is 10.6. The van der Waals surface area contributed by atoms with Gasteiger partial charge in [0, 0.05) is 18.5 Å². The lowest BCUT2D eigenvalue weighted by Crippen LogP contribution is -2.42. The van der Waals surface area contributed by atoms with E-state index in [1.165, 1.54) is 0 Å². The molecule has 4 nitrogen and oxygen atoms in total. The number of aliphatic hydroxyl groups is 2. The van der Waals surface area contributed by atoms with Gasteiger partial charge >= 0.3 is 0 Å². The summed E-state index contributed by atoms with van der Waals surface area (Å²) in [4.78, 5) is 14.9. The second-order valence-corrected chi connectivity index (χ2v) is 6.84. The van der Waals surface area contributed by atoms with E-state index in [9.17, 15) is 15.0 Å². The zero-order valence-electron chi connectivity index (χ0n) is 13.1. The fraction of sp³-hybridized carbons (Fsp3) is 0.611. The Kier molecular flexibility index (Phi) is 4.62. The van der Waals surface area contributed by atoms with Crippen LogP contribution in [-0.2, 0) is 4.79 Å². The van der Waals surface area contributed by atoms with Crippen molar-refractivity contribution in [1.82, 2.24) is 4.90 Å². The van der Waals surface area contributed by atoms with Gasteiger partial charge in [0.05, 0.1) is 18.6 Å². The van der Waals surface area contributed by atoms with Crippen molar-refractivity contribution in [3.8, 4) is 0 Å². The van der Waals surface area contributed by atoms with Crippen molar-refractivity contribution in [2.45, 2.75) is 49.8 Å². The number of benzene rings is 1. The van der Waals surface area contributed by atoms with Crippen LogP contribution in [0.1, 0.15) is 37.2 Å². The predicted octanol–water partition coefficient (Wildman–Crippen LogP) is 1.57. The zero-order chi connectivity index (χ0) is 15.7. The quantitative estimate of drug-likeness (QED) is 0.867. The molecular weight excluding hydrogens is 278 g/mol. The number of piperidine rings is 1. The molecule has 1 aromatic carbocycles. The standard InChI is InChI=1S/C18H25NO3/c1-19-14-7-12(8-16(19)18(22)10-14)9-17(21)15(11-20)13-5-3-2-4-6-13/h2-6,12,14-16,18,20,22H,7-11H2,1H3/t12-,14+,15+,16+,18-/m0/s1. The number of carbonyl (C=O) groups excluding carboxylic acids is 1. The van der Waals surface area contributed by atoms with E-state index in [1.54, 1.807) is 0 Å². The van der Waals surface area contributed by atoms with Crippen molar-refractivity contribution in [3.05, 3.63) is 35.9 Å². The van der Waals surface area contributed by atoms with Crippen LogP contribution in [-0.4, -0.2) is 52.7 Å². The van der Waals surface area contributed by atoms with Crippen LogP contribution in [0.5, 0.6) is 0 Å². The zero-order valence-corrected chi connectivity index (χ0v) is 13.1. The summed E-state index contributed by atoms with van der Waals surface area (Å²) in [5.41, 5.74) is 0.894. The summed E-state index contributed by atoms with van der Waals surface area (Å²) in [6.07, 6.45) is 2.94. The maximum absolute atomic E-state index is 12.6. The second-order valence-electron chi connectivity index (χ2n) is 6.84. The van der Waals surface area contributed by atoms with Gasteiger partial charge in [-0.15, -0.1) is 0 Å². The minimum atomic E-state index is -0.413. The Morgan fingerprint density at radius 2 is 2.00 bits per heavy atom. The highest BCUT2D eigenvalue weighted by Gasteiger charge is 2.44. The third-order valence-corrected chi connectivity index (χ3v) is 5.50. The van der Waals surface area contributed by atoms with E-state index in [0.29, 0.717) is 18.4 Å². The highest BCUT2D eigenvalue weighted by molar-refractivity contribution is 5.86. The average Bonchev–Trinajstić information content (AvgIpc) is 2.68. The number of Topliss-reactive ketones (excluding diaryl/α,β-unsaturated/α-hetero) is 1. The summed E-state index contributed by atoms with van der Waals surface area (Å²) < 4.78 is 0. The molecule has 2 aliphatic heterocycles. The van der Waals surface area contributed by atoms with Crippen molar-refractivity contribution >= 4 is 5.78 Å². The van der Waals surface area contributed by atoms with Gasteiger partial charge in [-0.05, 0) is 37.8 Å². The number of ketones is 1. The topological polar surface area (TPSA) is 60.8 Å². The molecule has 4 heteroatoms. The Morgan fingerprint density at radius 3 is 2.64 bits per heavy atom. The predicted molar refractivity (Wildman–Crippen MR) is 84.6 cm³/mol. The minimum absolute atomic E-state index is 0.122. The third kappa shape index (κ3) is 2.96. The van der Waals surface area contributed by atoms with Crippen LogP contribution in [0.2, 0.25) is 0 Å². The first-order valence-electron chi connectivity index (χ1n) is 8.18. The van der Waals surface area contributed by atoms with Gasteiger partial charge in [0.15, 0.2) is 0 Å². The average molecular weight is 303 g/mol. The Balaban J connectivity index is 1.65. The van der Waals surface area contributed by atoms with Gasteiger partial charge in [-0.25, -0.2) is 0 Å². The lowest BCUT2D eigenvalue weighted by molar-refractivity contribution is -0.122. The van der Waals surface area contributed by atoms with E-state index in [-0.39, 0.29) is 24.5 Å². The van der Waals surface area contributed by atoms with E-state index >= 15 is 0 Å². The maximum atomic E-state index is 12.6. The third-order valence-electron chi connectivity index (χ3n) is 5.50. The van der Waals surface area contributed by atoms with Crippen LogP contribution in [0.4, 0.5) is 0 Å². The molecule has 2 aliphatic rings. The molecule has 22 heavy (non-hydrogen) atoms. The summed E-state index contributed by atoms with van der Waals surface area (Å²) >= 11 is 0. The Labute approximate surface area is 131 Å². The highest BCUT2D eigenvalue weighted by Crippen LogP contribution is 2.39. The number of fused-ring (bicyclic) bond motifs is 2.